The summed E-state index contributed by atoms with van der Waals surface area (Å²) in [5, 5.41) is 26.2. The minimum atomic E-state index is -0.859. The van der Waals surface area contributed by atoms with Crippen molar-refractivity contribution in [2.24, 2.45) is 0 Å². The second kappa shape index (κ2) is 8.00. The molecule has 0 saturated carbocycles. The van der Waals surface area contributed by atoms with Gasteiger partial charge in [0.25, 0.3) is 0 Å². The lowest BCUT2D eigenvalue weighted by molar-refractivity contribution is -0.0458. The molecule has 0 radical (unpaired) electrons. The van der Waals surface area contributed by atoms with Crippen LogP contribution in [0.15, 0.2) is 59.5 Å². The summed E-state index contributed by atoms with van der Waals surface area (Å²) in [5.74, 6) is 0.0850. The standard InChI is InChI=1S/C20H20N4O5/c25-11-16-15(26)10-18(29-16)24-8-7-17(23-20(24)28)22-19(27)21-14-6-5-12-3-1-2-4-13(12)9-14/h1-9,15-16,18,25-26H,10-11H2,(H2,21,22,23,27,28)/t15-,16+,18+/m0/s1. The maximum atomic E-state index is 12.3. The molecule has 1 aliphatic rings. The van der Waals surface area contributed by atoms with E-state index in [4.69, 9.17) is 9.84 Å². The van der Waals surface area contributed by atoms with Crippen LogP contribution in [-0.2, 0) is 4.74 Å². The fourth-order valence-corrected chi connectivity index (χ4v) is 3.30. The van der Waals surface area contributed by atoms with Crippen molar-refractivity contribution in [3.63, 3.8) is 0 Å². The van der Waals surface area contributed by atoms with E-state index in [1.165, 1.54) is 16.8 Å². The van der Waals surface area contributed by atoms with Crippen molar-refractivity contribution < 1.29 is 19.7 Å². The third kappa shape index (κ3) is 4.11. The number of nitrogens with zero attached hydrogens (tertiary/aromatic N) is 2. The molecule has 1 fully saturated rings. The third-order valence-electron chi connectivity index (χ3n) is 4.77. The number of fused-ring (bicyclic) bond motifs is 1. The van der Waals surface area contributed by atoms with Gasteiger partial charge in [-0.1, -0.05) is 30.3 Å². The van der Waals surface area contributed by atoms with Crippen LogP contribution in [0, 0.1) is 0 Å². The summed E-state index contributed by atoms with van der Waals surface area (Å²) in [6.45, 7) is -0.339. The van der Waals surface area contributed by atoms with Gasteiger partial charge in [-0.05, 0) is 29.0 Å². The van der Waals surface area contributed by atoms with Crippen molar-refractivity contribution >= 4 is 28.3 Å². The summed E-state index contributed by atoms with van der Waals surface area (Å²) in [4.78, 5) is 28.3. The first-order chi connectivity index (χ1) is 14.0. The molecule has 1 saturated heterocycles. The maximum Gasteiger partial charge on any atom is 0.351 e. The van der Waals surface area contributed by atoms with Crippen molar-refractivity contribution in [1.82, 2.24) is 9.55 Å². The first-order valence-electron chi connectivity index (χ1n) is 9.14. The fraction of sp³-hybridized carbons (Fsp3) is 0.250. The number of aliphatic hydroxyl groups excluding tert-OH is 2. The van der Waals surface area contributed by atoms with E-state index < -0.39 is 30.2 Å². The molecule has 9 heteroatoms. The lowest BCUT2D eigenvalue weighted by Crippen LogP contribution is -2.29. The molecule has 4 N–H and O–H groups in total. The van der Waals surface area contributed by atoms with Gasteiger partial charge in [0.2, 0.25) is 0 Å². The summed E-state index contributed by atoms with van der Waals surface area (Å²) in [6.07, 6.45) is -0.720. The zero-order valence-corrected chi connectivity index (χ0v) is 15.4. The van der Waals surface area contributed by atoms with Crippen LogP contribution in [0.25, 0.3) is 10.8 Å². The highest BCUT2D eigenvalue weighted by Crippen LogP contribution is 2.27. The smallest absolute Gasteiger partial charge is 0.351 e. The average molecular weight is 396 g/mol. The Bertz CT molecular complexity index is 1100. The highest BCUT2D eigenvalue weighted by Gasteiger charge is 2.34. The van der Waals surface area contributed by atoms with Crippen LogP contribution in [0.4, 0.5) is 16.3 Å². The Morgan fingerprint density at radius 2 is 1.97 bits per heavy atom. The van der Waals surface area contributed by atoms with Crippen LogP contribution >= 0.6 is 0 Å². The van der Waals surface area contributed by atoms with Gasteiger partial charge < -0.3 is 20.3 Å². The van der Waals surface area contributed by atoms with E-state index in [2.05, 4.69) is 15.6 Å². The van der Waals surface area contributed by atoms with Crippen LogP contribution in [0.1, 0.15) is 12.6 Å². The van der Waals surface area contributed by atoms with Crippen LogP contribution in [-0.4, -0.2) is 44.6 Å². The van der Waals surface area contributed by atoms with Crippen LogP contribution in [0.2, 0.25) is 0 Å². The highest BCUT2D eigenvalue weighted by atomic mass is 16.5. The SMILES string of the molecule is O=C(Nc1ccc2ccccc2c1)Nc1ccn([C@H]2C[C@H](O)[C@@H](CO)O2)c(=O)n1. The van der Waals surface area contributed by atoms with Crippen LogP contribution in [0.5, 0.6) is 0 Å². The molecular formula is C20H20N4O5. The minimum Gasteiger partial charge on any atom is -0.394 e. The molecule has 1 aliphatic heterocycles. The lowest BCUT2D eigenvalue weighted by Gasteiger charge is -2.14. The molecule has 29 heavy (non-hydrogen) atoms. The first-order valence-corrected chi connectivity index (χ1v) is 9.14. The third-order valence-corrected chi connectivity index (χ3v) is 4.77. The van der Waals surface area contributed by atoms with E-state index in [0.717, 1.165) is 10.8 Å². The van der Waals surface area contributed by atoms with E-state index in [9.17, 15) is 14.7 Å². The molecule has 2 heterocycles. The van der Waals surface area contributed by atoms with Crippen molar-refractivity contribution in [3.8, 4) is 0 Å². The molecule has 1 aromatic heterocycles. The van der Waals surface area contributed by atoms with Gasteiger partial charge in [-0.25, -0.2) is 9.59 Å². The van der Waals surface area contributed by atoms with E-state index in [0.29, 0.717) is 5.69 Å². The monoisotopic (exact) mass is 396 g/mol. The molecule has 4 rings (SSSR count). The molecule has 2 aromatic carbocycles. The van der Waals surface area contributed by atoms with Crippen molar-refractivity contribution in [1.29, 1.82) is 0 Å². The van der Waals surface area contributed by atoms with Crippen LogP contribution < -0.4 is 16.3 Å². The first kappa shape index (κ1) is 19.1. The zero-order chi connectivity index (χ0) is 20.4. The van der Waals surface area contributed by atoms with Gasteiger partial charge in [0.15, 0.2) is 0 Å². The van der Waals surface area contributed by atoms with E-state index in [-0.39, 0.29) is 18.8 Å². The molecular weight excluding hydrogens is 376 g/mol. The molecule has 0 spiro atoms. The Morgan fingerprint density at radius 3 is 2.69 bits per heavy atom. The number of carbonyl (C=O) groups is 1. The van der Waals surface area contributed by atoms with Gasteiger partial charge in [0.05, 0.1) is 12.7 Å². The number of rotatable bonds is 4. The number of amides is 2. The fourth-order valence-electron chi connectivity index (χ4n) is 3.30. The highest BCUT2D eigenvalue weighted by molar-refractivity contribution is 6.00. The Balaban J connectivity index is 1.43. The topological polar surface area (TPSA) is 126 Å². The normalized spacial score (nSPS) is 21.2. The Hall–Kier alpha value is -3.27. The van der Waals surface area contributed by atoms with E-state index in [1.54, 1.807) is 6.07 Å². The molecule has 0 unspecified atom stereocenters. The van der Waals surface area contributed by atoms with Gasteiger partial charge in [-0.2, -0.15) is 4.98 Å². The maximum absolute atomic E-state index is 12.3. The molecule has 3 aromatic rings. The van der Waals surface area contributed by atoms with Crippen molar-refractivity contribution in [3.05, 3.63) is 65.2 Å². The summed E-state index contributed by atoms with van der Waals surface area (Å²) < 4.78 is 6.66. The molecule has 3 atom stereocenters. The van der Waals surface area contributed by atoms with Gasteiger partial charge in [0.1, 0.15) is 18.1 Å². The molecule has 150 valence electrons. The number of urea groups is 1. The Labute approximate surface area is 165 Å². The summed E-state index contributed by atoms with van der Waals surface area (Å²) in [7, 11) is 0. The largest absolute Gasteiger partial charge is 0.394 e. The number of aliphatic hydroxyl groups is 2. The molecule has 9 nitrogen and oxygen atoms in total. The van der Waals surface area contributed by atoms with Gasteiger partial charge in [0, 0.05) is 18.3 Å². The number of ether oxygens (including phenoxy) is 1. The number of aromatic nitrogens is 2. The Morgan fingerprint density at radius 1 is 1.17 bits per heavy atom. The van der Waals surface area contributed by atoms with Gasteiger partial charge in [-0.15, -0.1) is 0 Å². The zero-order valence-electron chi connectivity index (χ0n) is 15.4. The number of hydrogen-bond donors (Lipinski definition) is 4. The van der Waals surface area contributed by atoms with E-state index >= 15 is 0 Å². The average Bonchev–Trinajstić information content (AvgIpc) is 3.08. The van der Waals surface area contributed by atoms with Crippen LogP contribution in [0.3, 0.4) is 0 Å². The second-order valence-corrected chi connectivity index (χ2v) is 6.76. The Kier molecular flexibility index (Phi) is 5.26. The summed E-state index contributed by atoms with van der Waals surface area (Å²) >= 11 is 0. The number of hydrogen-bond acceptors (Lipinski definition) is 6. The van der Waals surface area contributed by atoms with E-state index in [1.807, 2.05) is 36.4 Å². The van der Waals surface area contributed by atoms with Crippen molar-refractivity contribution in [2.75, 3.05) is 17.2 Å². The summed E-state index contributed by atoms with van der Waals surface area (Å²) in [5.41, 5.74) is -0.0257. The minimum absolute atomic E-state index is 0.0850. The quantitative estimate of drug-likeness (QED) is 0.532. The van der Waals surface area contributed by atoms with Gasteiger partial charge in [-0.3, -0.25) is 9.88 Å². The number of anilines is 2. The summed E-state index contributed by atoms with van der Waals surface area (Å²) in [6, 6.07) is 14.3. The predicted molar refractivity (Wildman–Crippen MR) is 107 cm³/mol. The van der Waals surface area contributed by atoms with Gasteiger partial charge >= 0.3 is 11.7 Å². The lowest BCUT2D eigenvalue weighted by atomic mass is 10.1. The van der Waals surface area contributed by atoms with Crippen molar-refractivity contribution in [2.45, 2.75) is 24.9 Å². The molecule has 0 bridgehead atoms. The number of nitrogens with one attached hydrogen (secondary N) is 2. The molecule has 0 aliphatic carbocycles. The predicted octanol–water partition coefficient (Wildman–Crippen LogP) is 1.68. The molecule has 2 amide bonds. The number of benzene rings is 2. The number of carbonyl (C=O) groups excluding carboxylic acids is 1. The second-order valence-electron chi connectivity index (χ2n) is 6.76.